The zero-order valence-electron chi connectivity index (χ0n) is 10.3. The number of aromatic nitrogens is 1. The third-order valence-corrected chi connectivity index (χ3v) is 3.39. The van der Waals surface area contributed by atoms with E-state index in [-0.39, 0.29) is 16.9 Å². The summed E-state index contributed by atoms with van der Waals surface area (Å²) < 4.78 is 37.5. The lowest BCUT2D eigenvalue weighted by molar-refractivity contribution is -0.382. The van der Waals surface area contributed by atoms with Gasteiger partial charge in [0, 0.05) is 6.04 Å². The van der Waals surface area contributed by atoms with Crippen LogP contribution in [0.2, 0.25) is 0 Å². The summed E-state index contributed by atoms with van der Waals surface area (Å²) in [4.78, 5) is 14.4. The molecule has 0 radical (unpaired) electrons. The number of nitro groups is 1. The SMILES string of the molecule is CC(CC(F)(F)F)Nc1ccc2scnc2c1[N+](=O)[O-]. The molecule has 1 aromatic heterocycles. The highest BCUT2D eigenvalue weighted by molar-refractivity contribution is 7.16. The molecule has 2 rings (SSSR count). The lowest BCUT2D eigenvalue weighted by atomic mass is 10.2. The van der Waals surface area contributed by atoms with Crippen LogP contribution < -0.4 is 5.32 Å². The summed E-state index contributed by atoms with van der Waals surface area (Å²) in [6.07, 6.45) is -5.40. The molecule has 2 aromatic rings. The lowest BCUT2D eigenvalue weighted by Crippen LogP contribution is -2.24. The molecule has 1 unspecified atom stereocenters. The van der Waals surface area contributed by atoms with E-state index < -0.39 is 23.6 Å². The van der Waals surface area contributed by atoms with Crippen LogP contribution in [0.3, 0.4) is 0 Å². The maximum absolute atomic E-state index is 12.3. The monoisotopic (exact) mass is 305 g/mol. The van der Waals surface area contributed by atoms with Crippen molar-refractivity contribution in [1.29, 1.82) is 0 Å². The van der Waals surface area contributed by atoms with Crippen LogP contribution in [-0.4, -0.2) is 22.1 Å². The van der Waals surface area contributed by atoms with Gasteiger partial charge in [0.1, 0.15) is 5.69 Å². The zero-order valence-corrected chi connectivity index (χ0v) is 11.1. The summed E-state index contributed by atoms with van der Waals surface area (Å²) in [6.45, 7) is 1.32. The van der Waals surface area contributed by atoms with Gasteiger partial charge in [-0.3, -0.25) is 10.1 Å². The van der Waals surface area contributed by atoms with Gasteiger partial charge in [-0.15, -0.1) is 11.3 Å². The van der Waals surface area contributed by atoms with E-state index in [1.165, 1.54) is 29.8 Å². The Balaban J connectivity index is 2.34. The quantitative estimate of drug-likeness (QED) is 0.686. The van der Waals surface area contributed by atoms with Crippen molar-refractivity contribution >= 4 is 32.9 Å². The first kappa shape index (κ1) is 14.5. The first-order valence-corrected chi connectivity index (χ1v) is 6.50. The highest BCUT2D eigenvalue weighted by atomic mass is 32.1. The molecule has 1 atom stereocenters. The number of anilines is 1. The number of halogens is 3. The van der Waals surface area contributed by atoms with Gasteiger partial charge in [-0.1, -0.05) is 0 Å². The van der Waals surface area contributed by atoms with Crippen molar-refractivity contribution in [3.63, 3.8) is 0 Å². The molecule has 0 saturated heterocycles. The standard InChI is InChI=1S/C11H10F3N3O2S/c1-6(4-11(12,13)14)16-7-2-3-8-9(15-5-20-8)10(7)17(18)19/h2-3,5-6,16H,4H2,1H3. The molecule has 1 aromatic carbocycles. The van der Waals surface area contributed by atoms with Crippen LogP contribution in [0.1, 0.15) is 13.3 Å². The first-order chi connectivity index (χ1) is 9.28. The maximum atomic E-state index is 12.3. The van der Waals surface area contributed by atoms with Gasteiger partial charge in [-0.25, -0.2) is 4.98 Å². The van der Waals surface area contributed by atoms with E-state index in [1.807, 2.05) is 0 Å². The van der Waals surface area contributed by atoms with Crippen LogP contribution in [0.5, 0.6) is 0 Å². The van der Waals surface area contributed by atoms with Gasteiger partial charge in [0.25, 0.3) is 0 Å². The van der Waals surface area contributed by atoms with E-state index in [4.69, 9.17) is 0 Å². The number of thiazole rings is 1. The molecule has 108 valence electrons. The Bertz CT molecular complexity index is 641. The van der Waals surface area contributed by atoms with Gasteiger partial charge >= 0.3 is 11.9 Å². The molecular weight excluding hydrogens is 295 g/mol. The number of alkyl halides is 3. The van der Waals surface area contributed by atoms with Crippen LogP contribution in [-0.2, 0) is 0 Å². The molecule has 0 amide bonds. The van der Waals surface area contributed by atoms with Crippen molar-refractivity contribution in [1.82, 2.24) is 4.98 Å². The van der Waals surface area contributed by atoms with E-state index in [0.717, 1.165) is 0 Å². The predicted molar refractivity (Wildman–Crippen MR) is 70.0 cm³/mol. The molecule has 1 N–H and O–H groups in total. The number of fused-ring (bicyclic) bond motifs is 1. The molecule has 0 bridgehead atoms. The molecule has 0 aliphatic heterocycles. The van der Waals surface area contributed by atoms with E-state index in [0.29, 0.717) is 4.70 Å². The Kier molecular flexibility index (Phi) is 3.80. The molecule has 9 heteroatoms. The molecule has 0 spiro atoms. The Morgan fingerprint density at radius 3 is 2.80 bits per heavy atom. The Morgan fingerprint density at radius 1 is 1.50 bits per heavy atom. The fourth-order valence-corrected chi connectivity index (χ4v) is 2.56. The second-order valence-electron chi connectivity index (χ2n) is 4.28. The summed E-state index contributed by atoms with van der Waals surface area (Å²) in [5.74, 6) is 0. The highest BCUT2D eigenvalue weighted by Crippen LogP contribution is 2.35. The van der Waals surface area contributed by atoms with Crippen LogP contribution in [0, 0.1) is 10.1 Å². The van der Waals surface area contributed by atoms with Crippen molar-refractivity contribution in [2.75, 3.05) is 5.32 Å². The van der Waals surface area contributed by atoms with Gasteiger partial charge in [0.2, 0.25) is 0 Å². The van der Waals surface area contributed by atoms with Crippen LogP contribution >= 0.6 is 11.3 Å². The maximum Gasteiger partial charge on any atom is 0.391 e. The van der Waals surface area contributed by atoms with Crippen molar-refractivity contribution in [3.8, 4) is 0 Å². The second kappa shape index (κ2) is 5.23. The number of nitrogens with zero attached hydrogens (tertiary/aromatic N) is 2. The number of rotatable bonds is 4. The molecule has 0 aliphatic rings. The Morgan fingerprint density at radius 2 is 2.20 bits per heavy atom. The van der Waals surface area contributed by atoms with Gasteiger partial charge < -0.3 is 5.32 Å². The van der Waals surface area contributed by atoms with Gasteiger partial charge in [0.15, 0.2) is 5.52 Å². The summed E-state index contributed by atoms with van der Waals surface area (Å²) in [6, 6.07) is 2.04. The minimum atomic E-state index is -4.33. The molecular formula is C11H10F3N3O2S. The number of hydrogen-bond donors (Lipinski definition) is 1. The third-order valence-electron chi connectivity index (χ3n) is 2.60. The highest BCUT2D eigenvalue weighted by Gasteiger charge is 2.31. The average Bonchev–Trinajstić information content (AvgIpc) is 2.73. The van der Waals surface area contributed by atoms with Crippen molar-refractivity contribution in [2.45, 2.75) is 25.6 Å². The Hall–Kier alpha value is -1.90. The molecule has 20 heavy (non-hydrogen) atoms. The molecule has 1 heterocycles. The van der Waals surface area contributed by atoms with Crippen LogP contribution in [0.25, 0.3) is 10.2 Å². The largest absolute Gasteiger partial charge is 0.391 e. The Labute approximate surface area is 115 Å². The normalized spacial score (nSPS) is 13.4. The number of nitro benzene ring substituents is 1. The third kappa shape index (κ3) is 3.16. The molecule has 5 nitrogen and oxygen atoms in total. The molecule has 0 saturated carbocycles. The summed E-state index contributed by atoms with van der Waals surface area (Å²) in [5.41, 5.74) is 1.40. The molecule has 0 aliphatic carbocycles. The van der Waals surface area contributed by atoms with Crippen molar-refractivity contribution in [2.24, 2.45) is 0 Å². The molecule has 0 fully saturated rings. The average molecular weight is 305 g/mol. The van der Waals surface area contributed by atoms with Gasteiger partial charge in [-0.05, 0) is 19.1 Å². The van der Waals surface area contributed by atoms with E-state index in [9.17, 15) is 23.3 Å². The van der Waals surface area contributed by atoms with Gasteiger partial charge in [-0.2, -0.15) is 13.2 Å². The number of benzene rings is 1. The van der Waals surface area contributed by atoms with Crippen molar-refractivity contribution < 1.29 is 18.1 Å². The topological polar surface area (TPSA) is 68.1 Å². The fraction of sp³-hybridized carbons (Fsp3) is 0.364. The number of hydrogen-bond acceptors (Lipinski definition) is 5. The van der Waals surface area contributed by atoms with E-state index >= 15 is 0 Å². The van der Waals surface area contributed by atoms with E-state index in [2.05, 4.69) is 10.3 Å². The fourth-order valence-electron chi connectivity index (χ4n) is 1.88. The summed E-state index contributed by atoms with van der Waals surface area (Å²) in [5, 5.41) is 13.6. The van der Waals surface area contributed by atoms with Crippen LogP contribution in [0.4, 0.5) is 24.5 Å². The predicted octanol–water partition coefficient (Wildman–Crippen LogP) is 3.96. The second-order valence-corrected chi connectivity index (χ2v) is 5.17. The van der Waals surface area contributed by atoms with Crippen molar-refractivity contribution in [3.05, 3.63) is 27.8 Å². The summed E-state index contributed by atoms with van der Waals surface area (Å²) in [7, 11) is 0. The zero-order chi connectivity index (χ0) is 14.9. The first-order valence-electron chi connectivity index (χ1n) is 5.62. The minimum absolute atomic E-state index is 0.0464. The van der Waals surface area contributed by atoms with E-state index in [1.54, 1.807) is 6.07 Å². The number of nitrogens with one attached hydrogen (secondary N) is 1. The van der Waals surface area contributed by atoms with Crippen LogP contribution in [0.15, 0.2) is 17.6 Å². The summed E-state index contributed by atoms with van der Waals surface area (Å²) >= 11 is 1.23. The lowest BCUT2D eigenvalue weighted by Gasteiger charge is -2.17. The minimum Gasteiger partial charge on any atom is -0.377 e. The van der Waals surface area contributed by atoms with Gasteiger partial charge in [0.05, 0.1) is 21.6 Å². The smallest absolute Gasteiger partial charge is 0.377 e.